The lowest BCUT2D eigenvalue weighted by Crippen LogP contribution is -2.01. The lowest BCUT2D eigenvalue weighted by molar-refractivity contribution is 0.269. The second kappa shape index (κ2) is 4.99. The number of hydrogen-bond donors (Lipinski definition) is 2. The first-order valence-electron chi connectivity index (χ1n) is 4.78. The number of hydrogen-bond acceptors (Lipinski definition) is 4. The van der Waals surface area contributed by atoms with Crippen molar-refractivity contribution in [3.05, 3.63) is 33.3 Å². The van der Waals surface area contributed by atoms with E-state index in [2.05, 4.69) is 26.1 Å². The fourth-order valence-corrected chi connectivity index (χ4v) is 2.28. The third kappa shape index (κ3) is 2.26. The van der Waals surface area contributed by atoms with Gasteiger partial charge in [0.15, 0.2) is 10.6 Å². The van der Waals surface area contributed by atoms with Crippen LogP contribution < -0.4 is 4.74 Å². The Morgan fingerprint density at radius 3 is 2.94 bits per heavy atom. The largest absolute Gasteiger partial charge is 0.496 e. The van der Waals surface area contributed by atoms with Gasteiger partial charge in [0.2, 0.25) is 0 Å². The Kier molecular flexibility index (Phi) is 3.60. The molecule has 0 saturated heterocycles. The van der Waals surface area contributed by atoms with Gasteiger partial charge in [-0.25, -0.2) is 0 Å². The average molecular weight is 316 g/mol. The van der Waals surface area contributed by atoms with Gasteiger partial charge in [0.05, 0.1) is 17.3 Å². The lowest BCUT2D eigenvalue weighted by atomic mass is 10.3. The summed E-state index contributed by atoms with van der Waals surface area (Å²) in [6, 6.07) is 5.51. The highest BCUT2D eigenvalue weighted by molar-refractivity contribution is 9.10. The molecular formula is C10H10BrN3O2S. The molecule has 2 rings (SSSR count). The summed E-state index contributed by atoms with van der Waals surface area (Å²) in [4.78, 5) is 0. The molecule has 0 aliphatic heterocycles. The van der Waals surface area contributed by atoms with E-state index < -0.39 is 0 Å². The highest BCUT2D eigenvalue weighted by Gasteiger charge is 2.09. The molecule has 1 heterocycles. The van der Waals surface area contributed by atoms with Crippen molar-refractivity contribution in [2.24, 2.45) is 0 Å². The number of ether oxygens (including phenoxy) is 1. The number of aromatic nitrogens is 3. The normalized spacial score (nSPS) is 10.5. The third-order valence-corrected chi connectivity index (χ3v) is 3.17. The van der Waals surface area contributed by atoms with Gasteiger partial charge in [0.25, 0.3) is 0 Å². The second-order valence-electron chi connectivity index (χ2n) is 3.26. The van der Waals surface area contributed by atoms with Crippen LogP contribution in [0.25, 0.3) is 5.69 Å². The zero-order valence-electron chi connectivity index (χ0n) is 8.98. The van der Waals surface area contributed by atoms with Crippen molar-refractivity contribution in [3.63, 3.8) is 0 Å². The molecule has 7 heteroatoms. The van der Waals surface area contributed by atoms with E-state index in [1.807, 2.05) is 18.2 Å². The van der Waals surface area contributed by atoms with E-state index in [9.17, 15) is 5.11 Å². The van der Waals surface area contributed by atoms with Crippen LogP contribution in [0, 0.1) is 4.77 Å². The summed E-state index contributed by atoms with van der Waals surface area (Å²) in [6.07, 6.45) is 0. The van der Waals surface area contributed by atoms with Crippen LogP contribution >= 0.6 is 28.1 Å². The molecule has 90 valence electrons. The summed E-state index contributed by atoms with van der Waals surface area (Å²) < 4.78 is 8.06. The van der Waals surface area contributed by atoms with Gasteiger partial charge in [-0.05, 0) is 46.3 Å². The van der Waals surface area contributed by atoms with Crippen molar-refractivity contribution in [1.82, 2.24) is 14.8 Å². The van der Waals surface area contributed by atoms with Crippen molar-refractivity contribution in [2.45, 2.75) is 6.61 Å². The number of aromatic amines is 1. The quantitative estimate of drug-likeness (QED) is 0.852. The van der Waals surface area contributed by atoms with E-state index in [0.717, 1.165) is 15.9 Å². The Bertz CT molecular complexity index is 593. The first-order valence-corrected chi connectivity index (χ1v) is 5.98. The van der Waals surface area contributed by atoms with Crippen LogP contribution in [0.1, 0.15) is 5.82 Å². The molecule has 0 spiro atoms. The molecule has 0 saturated carbocycles. The summed E-state index contributed by atoms with van der Waals surface area (Å²) in [6.45, 7) is -0.184. The molecule has 2 aromatic rings. The van der Waals surface area contributed by atoms with Gasteiger partial charge in [0.1, 0.15) is 12.4 Å². The van der Waals surface area contributed by atoms with E-state index in [-0.39, 0.29) is 6.61 Å². The SMILES string of the molecule is COc1ccc(-n2c(CO)n[nH]c2=S)cc1Br. The Hall–Kier alpha value is -1.18. The van der Waals surface area contributed by atoms with Crippen LogP contribution in [0.15, 0.2) is 22.7 Å². The number of aliphatic hydroxyl groups is 1. The molecular weight excluding hydrogens is 306 g/mol. The summed E-state index contributed by atoms with van der Waals surface area (Å²) in [5.74, 6) is 1.20. The minimum absolute atomic E-state index is 0.184. The fraction of sp³-hybridized carbons (Fsp3) is 0.200. The average Bonchev–Trinajstić information content (AvgIpc) is 2.70. The number of benzene rings is 1. The standard InChI is InChI=1S/C10H10BrN3O2S/c1-16-8-3-2-6(4-7(8)11)14-9(5-15)12-13-10(14)17/h2-4,15H,5H2,1H3,(H,13,17). The monoisotopic (exact) mass is 315 g/mol. The molecule has 0 aliphatic rings. The predicted molar refractivity (Wildman–Crippen MR) is 68.9 cm³/mol. The van der Waals surface area contributed by atoms with E-state index in [1.54, 1.807) is 11.7 Å². The van der Waals surface area contributed by atoms with Crippen molar-refractivity contribution >= 4 is 28.1 Å². The molecule has 0 unspecified atom stereocenters. The third-order valence-electron chi connectivity index (χ3n) is 2.28. The van der Waals surface area contributed by atoms with Gasteiger partial charge in [-0.1, -0.05) is 0 Å². The topological polar surface area (TPSA) is 63.1 Å². The van der Waals surface area contributed by atoms with Gasteiger partial charge >= 0.3 is 0 Å². The van der Waals surface area contributed by atoms with Crippen molar-refractivity contribution < 1.29 is 9.84 Å². The van der Waals surface area contributed by atoms with E-state index in [0.29, 0.717) is 10.6 Å². The first kappa shape index (κ1) is 12.3. The van der Waals surface area contributed by atoms with Crippen LogP contribution in [-0.2, 0) is 6.61 Å². The van der Waals surface area contributed by atoms with Crippen LogP contribution in [0.4, 0.5) is 0 Å². The molecule has 0 amide bonds. The van der Waals surface area contributed by atoms with E-state index in [4.69, 9.17) is 17.0 Å². The Morgan fingerprint density at radius 1 is 1.59 bits per heavy atom. The number of rotatable bonds is 3. The minimum atomic E-state index is -0.184. The Morgan fingerprint density at radius 2 is 2.35 bits per heavy atom. The Balaban J connectivity index is 2.57. The summed E-state index contributed by atoms with van der Waals surface area (Å²) in [5.41, 5.74) is 0.806. The summed E-state index contributed by atoms with van der Waals surface area (Å²) in [5, 5.41) is 15.8. The van der Waals surface area contributed by atoms with Crippen molar-refractivity contribution in [3.8, 4) is 11.4 Å². The zero-order valence-corrected chi connectivity index (χ0v) is 11.4. The van der Waals surface area contributed by atoms with E-state index >= 15 is 0 Å². The van der Waals surface area contributed by atoms with Gasteiger partial charge in [-0.3, -0.25) is 9.67 Å². The number of aliphatic hydroxyl groups excluding tert-OH is 1. The van der Waals surface area contributed by atoms with Crippen LogP contribution in [0.3, 0.4) is 0 Å². The van der Waals surface area contributed by atoms with Crippen LogP contribution in [0.5, 0.6) is 5.75 Å². The zero-order chi connectivity index (χ0) is 12.4. The van der Waals surface area contributed by atoms with Gasteiger partial charge < -0.3 is 9.84 Å². The summed E-state index contributed by atoms with van der Waals surface area (Å²) in [7, 11) is 1.60. The van der Waals surface area contributed by atoms with Gasteiger partial charge in [0, 0.05) is 0 Å². The van der Waals surface area contributed by atoms with Crippen molar-refractivity contribution in [1.29, 1.82) is 0 Å². The maximum atomic E-state index is 9.18. The summed E-state index contributed by atoms with van der Waals surface area (Å²) >= 11 is 8.51. The highest BCUT2D eigenvalue weighted by Crippen LogP contribution is 2.27. The maximum Gasteiger partial charge on any atom is 0.199 e. The number of methoxy groups -OCH3 is 1. The molecule has 2 N–H and O–H groups in total. The van der Waals surface area contributed by atoms with Crippen LogP contribution in [-0.4, -0.2) is 27.0 Å². The number of halogens is 1. The molecule has 0 bridgehead atoms. The van der Waals surface area contributed by atoms with Crippen LogP contribution in [0.2, 0.25) is 0 Å². The second-order valence-corrected chi connectivity index (χ2v) is 4.50. The molecule has 0 fully saturated rings. The smallest absolute Gasteiger partial charge is 0.199 e. The number of nitrogens with one attached hydrogen (secondary N) is 1. The molecule has 5 nitrogen and oxygen atoms in total. The molecule has 0 aliphatic carbocycles. The van der Waals surface area contributed by atoms with Crippen molar-refractivity contribution in [2.75, 3.05) is 7.11 Å². The number of H-pyrrole nitrogens is 1. The predicted octanol–water partition coefficient (Wildman–Crippen LogP) is 2.19. The first-order chi connectivity index (χ1) is 8.17. The molecule has 0 atom stereocenters. The maximum absolute atomic E-state index is 9.18. The molecule has 0 radical (unpaired) electrons. The van der Waals surface area contributed by atoms with E-state index in [1.165, 1.54) is 0 Å². The molecule has 1 aromatic heterocycles. The molecule has 1 aromatic carbocycles. The highest BCUT2D eigenvalue weighted by atomic mass is 79.9. The minimum Gasteiger partial charge on any atom is -0.496 e. The fourth-order valence-electron chi connectivity index (χ4n) is 1.50. The van der Waals surface area contributed by atoms with Gasteiger partial charge in [-0.15, -0.1) is 0 Å². The number of nitrogens with zero attached hydrogens (tertiary/aromatic N) is 2. The lowest BCUT2D eigenvalue weighted by Gasteiger charge is -2.08. The Labute approximate surface area is 111 Å². The molecule has 17 heavy (non-hydrogen) atoms. The van der Waals surface area contributed by atoms with Gasteiger partial charge in [-0.2, -0.15) is 5.10 Å².